The number of rotatable bonds is 3. The van der Waals surface area contributed by atoms with E-state index in [1.807, 2.05) is 17.0 Å². The Morgan fingerprint density at radius 2 is 1.95 bits per heavy atom. The minimum absolute atomic E-state index is 0.0143. The lowest BCUT2D eigenvalue weighted by Crippen LogP contribution is -2.47. The number of carbonyl (C=O) groups is 1. The predicted octanol–water partition coefficient (Wildman–Crippen LogP) is 1.81. The number of ketones is 1. The molecule has 0 aromatic heterocycles. The summed E-state index contributed by atoms with van der Waals surface area (Å²) in [6.07, 6.45) is 1.28. The Morgan fingerprint density at radius 3 is 2.47 bits per heavy atom. The van der Waals surface area contributed by atoms with Crippen LogP contribution in [0.25, 0.3) is 0 Å². The summed E-state index contributed by atoms with van der Waals surface area (Å²) in [5, 5.41) is -0.477. The van der Waals surface area contributed by atoms with Crippen molar-refractivity contribution in [2.24, 2.45) is 0 Å². The number of hydrogen-bond donors (Lipinski definition) is 0. The zero-order valence-electron chi connectivity index (χ0n) is 11.0. The van der Waals surface area contributed by atoms with Gasteiger partial charge >= 0.3 is 0 Å². The van der Waals surface area contributed by atoms with Gasteiger partial charge in [-0.05, 0) is 31.2 Å². The van der Waals surface area contributed by atoms with E-state index >= 15 is 0 Å². The molecular weight excluding hydrogens is 282 g/mol. The van der Waals surface area contributed by atoms with Crippen molar-refractivity contribution in [1.29, 1.82) is 0 Å². The number of anilines is 1. The van der Waals surface area contributed by atoms with Gasteiger partial charge in [-0.1, -0.05) is 0 Å². The van der Waals surface area contributed by atoms with Crippen molar-refractivity contribution in [3.05, 3.63) is 29.8 Å². The highest BCUT2D eigenvalue weighted by Crippen LogP contribution is 2.26. The van der Waals surface area contributed by atoms with Crippen molar-refractivity contribution in [3.8, 4) is 0 Å². The van der Waals surface area contributed by atoms with Gasteiger partial charge in [-0.25, -0.2) is 8.42 Å². The molecule has 1 saturated heterocycles. The molecule has 0 spiro atoms. The number of hydrogen-bond acceptors (Lipinski definition) is 5. The van der Waals surface area contributed by atoms with Gasteiger partial charge in [0.25, 0.3) is 0 Å². The number of sulfone groups is 1. The van der Waals surface area contributed by atoms with Crippen molar-refractivity contribution in [2.45, 2.75) is 12.3 Å². The van der Waals surface area contributed by atoms with Crippen LogP contribution in [-0.2, 0) is 9.84 Å². The average molecular weight is 299 g/mol. The first-order chi connectivity index (χ1) is 8.89. The van der Waals surface area contributed by atoms with Crippen LogP contribution in [0.5, 0.6) is 0 Å². The van der Waals surface area contributed by atoms with E-state index in [-0.39, 0.29) is 5.78 Å². The lowest BCUT2D eigenvalue weighted by Gasteiger charge is -2.35. The summed E-state index contributed by atoms with van der Waals surface area (Å²) >= 11 is 1.66. The van der Waals surface area contributed by atoms with Crippen molar-refractivity contribution in [2.75, 3.05) is 29.2 Å². The van der Waals surface area contributed by atoms with E-state index in [1.54, 1.807) is 23.9 Å². The van der Waals surface area contributed by atoms with Crippen molar-refractivity contribution >= 4 is 33.1 Å². The molecule has 104 valence electrons. The maximum absolute atomic E-state index is 11.8. The zero-order chi connectivity index (χ0) is 14.0. The molecule has 19 heavy (non-hydrogen) atoms. The second-order valence-corrected chi connectivity index (χ2v) is 8.01. The lowest BCUT2D eigenvalue weighted by molar-refractivity contribution is 0.101. The molecule has 0 N–H and O–H groups in total. The third-order valence-corrected chi connectivity index (χ3v) is 5.83. The van der Waals surface area contributed by atoms with Gasteiger partial charge < -0.3 is 4.90 Å². The van der Waals surface area contributed by atoms with Crippen LogP contribution in [0.1, 0.15) is 17.3 Å². The quantitative estimate of drug-likeness (QED) is 0.797. The standard InChI is InChI=1S/C13H17NO3S2/c1-10(15)11-3-5-12(6-4-11)14-7-8-18-9-13(14)19(2,16)17/h3-6,13H,7-9H2,1-2H3. The largest absolute Gasteiger partial charge is 0.353 e. The summed E-state index contributed by atoms with van der Waals surface area (Å²) in [6.45, 7) is 2.23. The number of carbonyl (C=O) groups excluding carboxylic acids is 1. The molecule has 1 atom stereocenters. The Labute approximate surface area is 118 Å². The van der Waals surface area contributed by atoms with Crippen LogP contribution in [0.15, 0.2) is 24.3 Å². The molecule has 1 unspecified atom stereocenters. The molecule has 1 aromatic carbocycles. The maximum atomic E-state index is 11.8. The highest BCUT2D eigenvalue weighted by atomic mass is 32.2. The number of nitrogens with zero attached hydrogens (tertiary/aromatic N) is 1. The molecule has 4 nitrogen and oxygen atoms in total. The topological polar surface area (TPSA) is 54.5 Å². The van der Waals surface area contributed by atoms with Crippen LogP contribution in [-0.4, -0.2) is 43.9 Å². The minimum atomic E-state index is -3.11. The Kier molecular flexibility index (Phi) is 4.20. The van der Waals surface area contributed by atoms with E-state index in [1.165, 1.54) is 13.2 Å². The first kappa shape index (κ1) is 14.4. The summed E-state index contributed by atoms with van der Waals surface area (Å²) in [5.41, 5.74) is 1.51. The lowest BCUT2D eigenvalue weighted by atomic mass is 10.1. The van der Waals surface area contributed by atoms with Gasteiger partial charge in [0.2, 0.25) is 0 Å². The summed E-state index contributed by atoms with van der Waals surface area (Å²) in [7, 11) is -3.11. The summed E-state index contributed by atoms with van der Waals surface area (Å²) in [6, 6.07) is 7.15. The van der Waals surface area contributed by atoms with Crippen LogP contribution in [0.2, 0.25) is 0 Å². The molecule has 1 fully saturated rings. The molecule has 0 saturated carbocycles. The Hall–Kier alpha value is -1.01. The molecule has 1 aliphatic rings. The van der Waals surface area contributed by atoms with E-state index in [0.29, 0.717) is 17.9 Å². The molecule has 1 heterocycles. The van der Waals surface area contributed by atoms with Gasteiger partial charge in [-0.3, -0.25) is 4.79 Å². The van der Waals surface area contributed by atoms with E-state index in [4.69, 9.17) is 0 Å². The minimum Gasteiger partial charge on any atom is -0.353 e. The van der Waals surface area contributed by atoms with E-state index in [9.17, 15) is 13.2 Å². The normalized spacial score (nSPS) is 20.3. The van der Waals surface area contributed by atoms with Gasteiger partial charge in [0.05, 0.1) is 0 Å². The molecular formula is C13H17NO3S2. The van der Waals surface area contributed by atoms with Crippen molar-refractivity contribution < 1.29 is 13.2 Å². The molecule has 1 aromatic rings. The van der Waals surface area contributed by atoms with Crippen molar-refractivity contribution in [1.82, 2.24) is 0 Å². The summed E-state index contributed by atoms with van der Waals surface area (Å²) in [4.78, 5) is 13.2. The Morgan fingerprint density at radius 1 is 1.32 bits per heavy atom. The number of benzene rings is 1. The van der Waals surface area contributed by atoms with Crippen LogP contribution in [0.4, 0.5) is 5.69 Å². The SMILES string of the molecule is CC(=O)c1ccc(N2CCSCC2S(C)(=O)=O)cc1. The molecule has 0 amide bonds. The van der Waals surface area contributed by atoms with Crippen LogP contribution in [0, 0.1) is 0 Å². The number of thioether (sulfide) groups is 1. The molecule has 0 radical (unpaired) electrons. The summed E-state index contributed by atoms with van der Waals surface area (Å²) < 4.78 is 23.7. The Balaban J connectivity index is 2.30. The second-order valence-electron chi connectivity index (χ2n) is 4.66. The average Bonchev–Trinajstić information content (AvgIpc) is 2.38. The van der Waals surface area contributed by atoms with Gasteiger partial charge in [-0.2, -0.15) is 11.8 Å². The molecule has 6 heteroatoms. The van der Waals surface area contributed by atoms with Gasteiger partial charge in [0.1, 0.15) is 5.37 Å². The molecule has 1 aliphatic heterocycles. The van der Waals surface area contributed by atoms with E-state index < -0.39 is 15.2 Å². The molecule has 0 bridgehead atoms. The van der Waals surface area contributed by atoms with Gasteiger partial charge in [-0.15, -0.1) is 0 Å². The predicted molar refractivity (Wildman–Crippen MR) is 79.7 cm³/mol. The monoisotopic (exact) mass is 299 g/mol. The zero-order valence-corrected chi connectivity index (χ0v) is 12.6. The smallest absolute Gasteiger partial charge is 0.169 e. The third kappa shape index (κ3) is 3.30. The van der Waals surface area contributed by atoms with Crippen LogP contribution < -0.4 is 4.90 Å². The van der Waals surface area contributed by atoms with Crippen LogP contribution in [0.3, 0.4) is 0 Å². The van der Waals surface area contributed by atoms with E-state index in [0.717, 1.165) is 11.4 Å². The fourth-order valence-electron chi connectivity index (χ4n) is 2.12. The van der Waals surface area contributed by atoms with Crippen LogP contribution >= 0.6 is 11.8 Å². The van der Waals surface area contributed by atoms with Gasteiger partial charge in [0.15, 0.2) is 15.6 Å². The first-order valence-corrected chi connectivity index (χ1v) is 9.15. The third-order valence-electron chi connectivity index (χ3n) is 3.18. The summed E-state index contributed by atoms with van der Waals surface area (Å²) in [5.74, 6) is 1.52. The number of Topliss-reactive ketones (excluding diaryl/α,β-unsaturated/α-hetero) is 1. The molecule has 2 rings (SSSR count). The second kappa shape index (κ2) is 5.54. The van der Waals surface area contributed by atoms with E-state index in [2.05, 4.69) is 0 Å². The highest BCUT2D eigenvalue weighted by molar-refractivity contribution is 8.01. The fourth-order valence-corrected chi connectivity index (χ4v) is 4.96. The first-order valence-electron chi connectivity index (χ1n) is 6.04. The fraction of sp³-hybridized carbons (Fsp3) is 0.462. The maximum Gasteiger partial charge on any atom is 0.169 e. The highest BCUT2D eigenvalue weighted by Gasteiger charge is 2.31. The Bertz CT molecular complexity index is 566. The van der Waals surface area contributed by atoms with Crippen molar-refractivity contribution in [3.63, 3.8) is 0 Å². The van der Waals surface area contributed by atoms with Gasteiger partial charge in [0, 0.05) is 35.6 Å². The molecule has 0 aliphatic carbocycles.